The van der Waals surface area contributed by atoms with Crippen LogP contribution in [0, 0.1) is 0 Å². The third-order valence-electron chi connectivity index (χ3n) is 2.13. The molecular formula is C12H9ClO2. The van der Waals surface area contributed by atoms with E-state index < -0.39 is 0 Å². The number of rotatable bonds is 1. The summed E-state index contributed by atoms with van der Waals surface area (Å²) in [6.07, 6.45) is 0. The highest BCUT2D eigenvalue weighted by Gasteiger charge is 2.08. The summed E-state index contributed by atoms with van der Waals surface area (Å²) in [5.74, 6) is 0.250. The van der Waals surface area contributed by atoms with Crippen LogP contribution in [-0.2, 0) is 0 Å². The van der Waals surface area contributed by atoms with Gasteiger partial charge in [-0.05, 0) is 29.8 Å². The van der Waals surface area contributed by atoms with Crippen molar-refractivity contribution in [3.05, 3.63) is 47.5 Å². The van der Waals surface area contributed by atoms with Gasteiger partial charge in [-0.15, -0.1) is 0 Å². The van der Waals surface area contributed by atoms with Gasteiger partial charge in [0, 0.05) is 5.56 Å². The molecule has 0 heterocycles. The van der Waals surface area contributed by atoms with Gasteiger partial charge in [-0.3, -0.25) is 0 Å². The van der Waals surface area contributed by atoms with Gasteiger partial charge >= 0.3 is 0 Å². The molecule has 0 radical (unpaired) electrons. The molecule has 0 bridgehead atoms. The predicted octanol–water partition coefficient (Wildman–Crippen LogP) is 3.42. The zero-order valence-corrected chi connectivity index (χ0v) is 8.57. The molecule has 0 atom stereocenters. The van der Waals surface area contributed by atoms with Crippen molar-refractivity contribution in [3.63, 3.8) is 0 Å². The van der Waals surface area contributed by atoms with E-state index in [1.807, 2.05) is 0 Å². The van der Waals surface area contributed by atoms with Crippen molar-refractivity contribution in [1.82, 2.24) is 0 Å². The second kappa shape index (κ2) is 3.83. The van der Waals surface area contributed by atoms with Crippen molar-refractivity contribution in [2.75, 3.05) is 0 Å². The molecule has 3 heteroatoms. The molecule has 0 aliphatic heterocycles. The number of hydrogen-bond acceptors (Lipinski definition) is 2. The summed E-state index contributed by atoms with van der Waals surface area (Å²) in [4.78, 5) is 0. The molecule has 0 amide bonds. The van der Waals surface area contributed by atoms with Crippen LogP contribution in [0.3, 0.4) is 0 Å². The third kappa shape index (κ3) is 1.90. The first kappa shape index (κ1) is 9.87. The van der Waals surface area contributed by atoms with Gasteiger partial charge < -0.3 is 10.2 Å². The van der Waals surface area contributed by atoms with E-state index in [2.05, 4.69) is 0 Å². The van der Waals surface area contributed by atoms with E-state index >= 15 is 0 Å². The van der Waals surface area contributed by atoms with Gasteiger partial charge in [-0.2, -0.15) is 0 Å². The Hall–Kier alpha value is -1.67. The third-order valence-corrected chi connectivity index (χ3v) is 2.44. The fourth-order valence-corrected chi connectivity index (χ4v) is 1.74. The van der Waals surface area contributed by atoms with Crippen LogP contribution in [0.2, 0.25) is 5.02 Å². The normalized spacial score (nSPS) is 10.2. The maximum Gasteiger partial charge on any atom is 0.124 e. The Bertz CT molecular complexity index is 474. The van der Waals surface area contributed by atoms with Crippen LogP contribution in [0.5, 0.6) is 11.5 Å². The fourth-order valence-electron chi connectivity index (χ4n) is 1.46. The molecule has 0 saturated heterocycles. The van der Waals surface area contributed by atoms with Gasteiger partial charge in [0.25, 0.3) is 0 Å². The highest BCUT2D eigenvalue weighted by atomic mass is 35.5. The van der Waals surface area contributed by atoms with Crippen molar-refractivity contribution in [3.8, 4) is 22.6 Å². The number of halogens is 1. The van der Waals surface area contributed by atoms with E-state index in [0.717, 1.165) is 0 Å². The first-order valence-corrected chi connectivity index (χ1v) is 4.83. The summed E-state index contributed by atoms with van der Waals surface area (Å²) in [6.45, 7) is 0. The van der Waals surface area contributed by atoms with Gasteiger partial charge in [-0.25, -0.2) is 0 Å². The number of phenols is 2. The smallest absolute Gasteiger partial charge is 0.124 e. The topological polar surface area (TPSA) is 40.5 Å². The molecule has 2 N–H and O–H groups in total. The van der Waals surface area contributed by atoms with E-state index in [-0.39, 0.29) is 11.5 Å². The van der Waals surface area contributed by atoms with Crippen LogP contribution in [0.1, 0.15) is 0 Å². The lowest BCUT2D eigenvalue weighted by Crippen LogP contribution is -1.80. The second-order valence-electron chi connectivity index (χ2n) is 3.18. The minimum absolute atomic E-state index is 0.105. The molecule has 2 rings (SSSR count). The Morgan fingerprint density at radius 1 is 0.933 bits per heavy atom. The molecular weight excluding hydrogens is 212 g/mol. The molecule has 76 valence electrons. The summed E-state index contributed by atoms with van der Waals surface area (Å²) < 4.78 is 0. The molecule has 0 unspecified atom stereocenters. The summed E-state index contributed by atoms with van der Waals surface area (Å²) in [7, 11) is 0. The van der Waals surface area contributed by atoms with Gasteiger partial charge in [0.05, 0.1) is 5.02 Å². The molecule has 2 aromatic carbocycles. The van der Waals surface area contributed by atoms with Gasteiger partial charge in [0.2, 0.25) is 0 Å². The average Bonchev–Trinajstić information content (AvgIpc) is 2.17. The quantitative estimate of drug-likeness (QED) is 0.773. The average molecular weight is 221 g/mol. The molecule has 0 aliphatic rings. The van der Waals surface area contributed by atoms with Gasteiger partial charge in [0.1, 0.15) is 11.5 Å². The monoisotopic (exact) mass is 220 g/mol. The first-order chi connectivity index (χ1) is 7.18. The predicted molar refractivity (Wildman–Crippen MR) is 60.2 cm³/mol. The summed E-state index contributed by atoms with van der Waals surface area (Å²) in [6, 6.07) is 11.5. The van der Waals surface area contributed by atoms with E-state index in [4.69, 9.17) is 11.6 Å². The van der Waals surface area contributed by atoms with Crippen molar-refractivity contribution in [2.24, 2.45) is 0 Å². The van der Waals surface area contributed by atoms with Crippen molar-refractivity contribution >= 4 is 11.6 Å². The molecule has 2 aromatic rings. The Balaban J connectivity index is 2.63. The number of hydrogen-bond donors (Lipinski definition) is 2. The summed E-state index contributed by atoms with van der Waals surface area (Å²) in [5, 5.41) is 19.5. The summed E-state index contributed by atoms with van der Waals surface area (Å²) in [5.41, 5.74) is 1.23. The van der Waals surface area contributed by atoms with Crippen LogP contribution in [0.15, 0.2) is 42.5 Å². The van der Waals surface area contributed by atoms with Crippen LogP contribution in [0.25, 0.3) is 11.1 Å². The zero-order valence-electron chi connectivity index (χ0n) is 7.81. The Kier molecular flexibility index (Phi) is 2.52. The van der Waals surface area contributed by atoms with E-state index in [9.17, 15) is 10.2 Å². The largest absolute Gasteiger partial charge is 0.508 e. The Labute approximate surface area is 92.4 Å². The maximum absolute atomic E-state index is 9.67. The van der Waals surface area contributed by atoms with Crippen molar-refractivity contribution in [2.45, 2.75) is 0 Å². The number of aromatic hydroxyl groups is 2. The lowest BCUT2D eigenvalue weighted by molar-refractivity contribution is 0.474. The Morgan fingerprint density at radius 3 is 2.33 bits per heavy atom. The standard InChI is InChI=1S/C12H9ClO2/c13-10-5-2-6-11(15)12(10)8-3-1-4-9(14)7-8/h1-7,14-15H. The van der Waals surface area contributed by atoms with E-state index in [1.165, 1.54) is 0 Å². The van der Waals surface area contributed by atoms with Crippen LogP contribution in [0.4, 0.5) is 0 Å². The lowest BCUT2D eigenvalue weighted by Gasteiger charge is -2.07. The number of benzene rings is 2. The van der Waals surface area contributed by atoms with Crippen molar-refractivity contribution in [1.29, 1.82) is 0 Å². The summed E-state index contributed by atoms with van der Waals surface area (Å²) >= 11 is 5.97. The molecule has 0 fully saturated rings. The van der Waals surface area contributed by atoms with Gasteiger partial charge in [0.15, 0.2) is 0 Å². The molecule has 0 aliphatic carbocycles. The highest BCUT2D eigenvalue weighted by Crippen LogP contribution is 2.36. The molecule has 15 heavy (non-hydrogen) atoms. The van der Waals surface area contributed by atoms with Crippen molar-refractivity contribution < 1.29 is 10.2 Å². The molecule has 0 saturated carbocycles. The van der Waals surface area contributed by atoms with Crippen LogP contribution < -0.4 is 0 Å². The zero-order chi connectivity index (χ0) is 10.8. The highest BCUT2D eigenvalue weighted by molar-refractivity contribution is 6.33. The fraction of sp³-hybridized carbons (Fsp3) is 0. The Morgan fingerprint density at radius 2 is 1.67 bits per heavy atom. The minimum atomic E-state index is 0.105. The molecule has 0 aromatic heterocycles. The molecule has 0 spiro atoms. The SMILES string of the molecule is Oc1cccc(-c2c(O)cccc2Cl)c1. The lowest BCUT2D eigenvalue weighted by atomic mass is 10.0. The van der Waals surface area contributed by atoms with E-state index in [1.54, 1.807) is 42.5 Å². The van der Waals surface area contributed by atoms with Crippen LogP contribution in [-0.4, -0.2) is 10.2 Å². The van der Waals surface area contributed by atoms with E-state index in [0.29, 0.717) is 16.1 Å². The van der Waals surface area contributed by atoms with Crippen LogP contribution >= 0.6 is 11.6 Å². The molecule has 2 nitrogen and oxygen atoms in total. The number of phenolic OH excluding ortho intramolecular Hbond substituents is 2. The van der Waals surface area contributed by atoms with Gasteiger partial charge in [-0.1, -0.05) is 29.8 Å². The minimum Gasteiger partial charge on any atom is -0.508 e. The maximum atomic E-state index is 9.67. The first-order valence-electron chi connectivity index (χ1n) is 4.45. The second-order valence-corrected chi connectivity index (χ2v) is 3.59.